The second-order valence-corrected chi connectivity index (χ2v) is 6.12. The summed E-state index contributed by atoms with van der Waals surface area (Å²) < 4.78 is 13.4. The van der Waals surface area contributed by atoms with Crippen molar-refractivity contribution in [2.24, 2.45) is 5.92 Å². The highest BCUT2D eigenvalue weighted by atomic mass is 32.2. The molecule has 6 heteroatoms. The second-order valence-electron chi connectivity index (χ2n) is 4.99. The van der Waals surface area contributed by atoms with Gasteiger partial charge in [-0.3, -0.25) is 10.2 Å². The Labute approximate surface area is 115 Å². The smallest absolute Gasteiger partial charge is 0.231 e. The molecule has 2 aliphatic rings. The Bertz CT molecular complexity index is 499. The fraction of sp³-hybridized carbons (Fsp3) is 0.462. The quantitative estimate of drug-likeness (QED) is 0.723. The zero-order chi connectivity index (χ0) is 13.4. The third kappa shape index (κ3) is 2.48. The Morgan fingerprint density at radius 1 is 1.37 bits per heavy atom. The number of carbonyl (C=O) groups excluding carboxylic acids is 1. The molecule has 1 aromatic rings. The van der Waals surface area contributed by atoms with Crippen LogP contribution < -0.4 is 16.2 Å². The minimum absolute atomic E-state index is 0.0160. The van der Waals surface area contributed by atoms with Crippen LogP contribution in [0.1, 0.15) is 17.7 Å². The molecular formula is C13H16FN3OS. The lowest BCUT2D eigenvalue weighted by atomic mass is 9.91. The monoisotopic (exact) mass is 281 g/mol. The Kier molecular flexibility index (Phi) is 3.47. The zero-order valence-corrected chi connectivity index (χ0v) is 11.3. The molecule has 4 unspecified atom stereocenters. The van der Waals surface area contributed by atoms with Gasteiger partial charge in [0.1, 0.15) is 5.82 Å². The van der Waals surface area contributed by atoms with Crippen molar-refractivity contribution in [2.45, 2.75) is 24.4 Å². The predicted molar refractivity (Wildman–Crippen MR) is 72.8 cm³/mol. The summed E-state index contributed by atoms with van der Waals surface area (Å²) in [5.74, 6) is 0.382. The van der Waals surface area contributed by atoms with Crippen molar-refractivity contribution in [3.05, 3.63) is 35.6 Å². The van der Waals surface area contributed by atoms with Gasteiger partial charge in [-0.1, -0.05) is 12.1 Å². The van der Waals surface area contributed by atoms with E-state index in [1.807, 2.05) is 6.07 Å². The van der Waals surface area contributed by atoms with E-state index in [0.29, 0.717) is 5.75 Å². The molecule has 0 aromatic heterocycles. The van der Waals surface area contributed by atoms with Crippen molar-refractivity contribution in [3.63, 3.8) is 0 Å². The number of benzene rings is 1. The first-order valence-electron chi connectivity index (χ1n) is 6.32. The van der Waals surface area contributed by atoms with E-state index in [1.165, 1.54) is 6.07 Å². The molecular weight excluding hydrogens is 265 g/mol. The number of fused-ring (bicyclic) bond motifs is 1. The van der Waals surface area contributed by atoms with Crippen molar-refractivity contribution in [3.8, 4) is 0 Å². The third-order valence-corrected chi connectivity index (χ3v) is 5.04. The number of rotatable bonds is 1. The molecule has 3 rings (SSSR count). The summed E-state index contributed by atoms with van der Waals surface area (Å²) in [6.07, 6.45) is -0.106. The van der Waals surface area contributed by atoms with Gasteiger partial charge in [-0.2, -0.15) is 0 Å². The molecule has 1 amide bonds. The number of nitrogens with one attached hydrogen (secondary N) is 3. The van der Waals surface area contributed by atoms with Crippen LogP contribution in [-0.2, 0) is 4.79 Å². The molecule has 3 N–H and O–H groups in total. The van der Waals surface area contributed by atoms with E-state index < -0.39 is 0 Å². The highest BCUT2D eigenvalue weighted by Gasteiger charge is 2.42. The van der Waals surface area contributed by atoms with Crippen LogP contribution >= 0.6 is 11.8 Å². The maximum absolute atomic E-state index is 13.4. The first kappa shape index (κ1) is 12.9. The van der Waals surface area contributed by atoms with Gasteiger partial charge in [0.05, 0.1) is 11.9 Å². The molecule has 2 heterocycles. The lowest BCUT2D eigenvalue weighted by Gasteiger charge is -2.27. The van der Waals surface area contributed by atoms with Crippen LogP contribution in [0.5, 0.6) is 0 Å². The van der Waals surface area contributed by atoms with Crippen LogP contribution in [0.25, 0.3) is 0 Å². The molecule has 0 aliphatic carbocycles. The molecule has 2 aliphatic heterocycles. The van der Waals surface area contributed by atoms with E-state index in [1.54, 1.807) is 23.9 Å². The van der Waals surface area contributed by atoms with Crippen LogP contribution in [-0.4, -0.2) is 23.9 Å². The third-order valence-electron chi connectivity index (χ3n) is 3.67. The van der Waals surface area contributed by atoms with Gasteiger partial charge in [0.15, 0.2) is 0 Å². The molecule has 2 fully saturated rings. The van der Waals surface area contributed by atoms with Crippen LogP contribution in [0.15, 0.2) is 24.3 Å². The SMILES string of the molecule is CC1NNC2NC(=O)CSC(c3cccc(F)c3)C12. The van der Waals surface area contributed by atoms with E-state index in [-0.39, 0.29) is 35.1 Å². The van der Waals surface area contributed by atoms with Gasteiger partial charge in [0.25, 0.3) is 0 Å². The lowest BCUT2D eigenvalue weighted by Crippen LogP contribution is -2.46. The highest BCUT2D eigenvalue weighted by Crippen LogP contribution is 2.41. The molecule has 2 saturated heterocycles. The van der Waals surface area contributed by atoms with Gasteiger partial charge < -0.3 is 5.32 Å². The van der Waals surface area contributed by atoms with Crippen molar-refractivity contribution < 1.29 is 9.18 Å². The molecule has 4 atom stereocenters. The summed E-state index contributed by atoms with van der Waals surface area (Å²) in [6, 6.07) is 6.87. The molecule has 1 aromatic carbocycles. The van der Waals surface area contributed by atoms with Crippen LogP contribution in [0.3, 0.4) is 0 Å². The fourth-order valence-electron chi connectivity index (χ4n) is 2.77. The maximum atomic E-state index is 13.4. The summed E-state index contributed by atoms with van der Waals surface area (Å²) in [6.45, 7) is 2.07. The first-order chi connectivity index (χ1) is 9.15. The number of hydrazine groups is 1. The van der Waals surface area contributed by atoms with Crippen molar-refractivity contribution >= 4 is 17.7 Å². The molecule has 0 saturated carbocycles. The van der Waals surface area contributed by atoms with E-state index in [2.05, 4.69) is 23.1 Å². The molecule has 19 heavy (non-hydrogen) atoms. The summed E-state index contributed by atoms with van der Waals surface area (Å²) in [4.78, 5) is 11.7. The normalized spacial score (nSPS) is 34.5. The van der Waals surface area contributed by atoms with Crippen molar-refractivity contribution in [2.75, 3.05) is 5.75 Å². The lowest BCUT2D eigenvalue weighted by molar-refractivity contribution is -0.119. The molecule has 0 spiro atoms. The largest absolute Gasteiger partial charge is 0.338 e. The standard InChI is InChI=1S/C13H16FN3OS/c1-7-11-12(8-3-2-4-9(14)5-8)19-6-10(18)15-13(11)17-16-7/h2-5,7,11-13,16-17H,6H2,1H3,(H,15,18). The Morgan fingerprint density at radius 2 is 2.21 bits per heavy atom. The fourth-order valence-corrected chi connectivity index (χ4v) is 4.13. The van der Waals surface area contributed by atoms with E-state index >= 15 is 0 Å². The van der Waals surface area contributed by atoms with Gasteiger partial charge in [-0.25, -0.2) is 9.82 Å². The Morgan fingerprint density at radius 3 is 3.00 bits per heavy atom. The zero-order valence-electron chi connectivity index (χ0n) is 10.5. The summed E-state index contributed by atoms with van der Waals surface area (Å²) >= 11 is 1.58. The average molecular weight is 281 g/mol. The number of carbonyl (C=O) groups is 1. The van der Waals surface area contributed by atoms with Gasteiger partial charge in [0.2, 0.25) is 5.91 Å². The van der Waals surface area contributed by atoms with E-state index in [0.717, 1.165) is 5.56 Å². The minimum atomic E-state index is -0.232. The summed E-state index contributed by atoms with van der Waals surface area (Å²) in [7, 11) is 0. The number of hydrogen-bond donors (Lipinski definition) is 3. The predicted octanol–water partition coefficient (Wildman–Crippen LogP) is 1.17. The van der Waals surface area contributed by atoms with Crippen molar-refractivity contribution in [1.29, 1.82) is 0 Å². The Hall–Kier alpha value is -1.11. The number of halogens is 1. The molecule has 102 valence electrons. The molecule has 0 bridgehead atoms. The van der Waals surface area contributed by atoms with Gasteiger partial charge >= 0.3 is 0 Å². The molecule has 0 radical (unpaired) electrons. The minimum Gasteiger partial charge on any atom is -0.338 e. The van der Waals surface area contributed by atoms with Gasteiger partial charge in [-0.15, -0.1) is 11.8 Å². The summed E-state index contributed by atoms with van der Waals surface area (Å²) in [5, 5.41) is 3.05. The van der Waals surface area contributed by atoms with E-state index in [4.69, 9.17) is 0 Å². The number of hydrogen-bond acceptors (Lipinski definition) is 4. The molecule has 4 nitrogen and oxygen atoms in total. The van der Waals surface area contributed by atoms with E-state index in [9.17, 15) is 9.18 Å². The first-order valence-corrected chi connectivity index (χ1v) is 7.37. The second kappa shape index (κ2) is 5.11. The Balaban J connectivity index is 1.95. The maximum Gasteiger partial charge on any atom is 0.231 e. The topological polar surface area (TPSA) is 53.2 Å². The van der Waals surface area contributed by atoms with Gasteiger partial charge in [0, 0.05) is 17.2 Å². The van der Waals surface area contributed by atoms with Crippen LogP contribution in [0.2, 0.25) is 0 Å². The highest BCUT2D eigenvalue weighted by molar-refractivity contribution is 8.00. The number of amides is 1. The average Bonchev–Trinajstić information content (AvgIpc) is 2.64. The summed E-state index contributed by atoms with van der Waals surface area (Å²) in [5.41, 5.74) is 7.20. The van der Waals surface area contributed by atoms with Crippen molar-refractivity contribution in [1.82, 2.24) is 16.2 Å². The van der Waals surface area contributed by atoms with Crippen LogP contribution in [0.4, 0.5) is 4.39 Å². The van der Waals surface area contributed by atoms with Gasteiger partial charge in [-0.05, 0) is 24.6 Å². The van der Waals surface area contributed by atoms with Crippen LogP contribution in [0, 0.1) is 11.7 Å². The number of thioether (sulfide) groups is 1.